The van der Waals surface area contributed by atoms with Gasteiger partial charge in [-0.25, -0.2) is 4.70 Å². The molecule has 1 heterocycles. The van der Waals surface area contributed by atoms with Crippen molar-refractivity contribution < 1.29 is 4.70 Å². The van der Waals surface area contributed by atoms with Crippen LogP contribution in [0.5, 0.6) is 0 Å². The summed E-state index contributed by atoms with van der Waals surface area (Å²) in [5, 5.41) is 0. The highest BCUT2D eigenvalue weighted by atomic mass is 15.2. The second-order valence-corrected chi connectivity index (χ2v) is 12.7. The first-order valence-electron chi connectivity index (χ1n) is 17.7. The molecule has 0 saturated carbocycles. The Labute approximate surface area is 259 Å². The molecule has 2 nitrogen and oxygen atoms in total. The van der Waals surface area contributed by atoms with Gasteiger partial charge in [0, 0.05) is 22.3 Å². The Bertz CT molecular complexity index is 1160. The van der Waals surface area contributed by atoms with Gasteiger partial charge in [-0.05, 0) is 97.9 Å². The third-order valence-corrected chi connectivity index (χ3v) is 8.73. The first-order chi connectivity index (χ1) is 20.5. The molecule has 0 spiro atoms. The van der Waals surface area contributed by atoms with E-state index in [1.807, 2.05) is 0 Å². The van der Waals surface area contributed by atoms with Crippen LogP contribution in [0.1, 0.15) is 165 Å². The van der Waals surface area contributed by atoms with Gasteiger partial charge in [-0.15, -0.1) is 0 Å². The number of benzene rings is 2. The van der Waals surface area contributed by atoms with Gasteiger partial charge >= 0.3 is 0 Å². The molecule has 3 rings (SSSR count). The molecule has 1 aliphatic rings. The SMILES string of the molecule is CCCCCCCCC1=C(c2cc(CCC)cc(CCC)c2)[N+](=[N-])C(c2cc(CCC)cc(CCC)c2)=C1CCCC. The molecule has 0 aliphatic carbocycles. The lowest BCUT2D eigenvalue weighted by Crippen LogP contribution is -2.05. The Kier molecular flexibility index (Phi) is 14.8. The second kappa shape index (κ2) is 18.2. The summed E-state index contributed by atoms with van der Waals surface area (Å²) in [6.45, 7) is 13.6. The van der Waals surface area contributed by atoms with Gasteiger partial charge in [-0.3, -0.25) is 0 Å². The van der Waals surface area contributed by atoms with E-state index in [9.17, 15) is 5.53 Å². The third kappa shape index (κ3) is 9.26. The van der Waals surface area contributed by atoms with Gasteiger partial charge in [0.25, 0.3) is 0 Å². The van der Waals surface area contributed by atoms with Crippen molar-refractivity contribution in [3.63, 3.8) is 0 Å². The zero-order valence-electron chi connectivity index (χ0n) is 28.1. The molecule has 0 fully saturated rings. The summed E-state index contributed by atoms with van der Waals surface area (Å²) in [7, 11) is 0. The third-order valence-electron chi connectivity index (χ3n) is 8.73. The van der Waals surface area contributed by atoms with Crippen LogP contribution in [0.15, 0.2) is 47.5 Å². The van der Waals surface area contributed by atoms with E-state index in [1.165, 1.54) is 83.1 Å². The minimum absolute atomic E-state index is 1.02. The molecule has 0 aromatic heterocycles. The molecular formula is C40H60N2. The molecule has 0 amide bonds. The van der Waals surface area contributed by atoms with Gasteiger partial charge in [-0.1, -0.05) is 118 Å². The summed E-state index contributed by atoms with van der Waals surface area (Å²) >= 11 is 0. The highest BCUT2D eigenvalue weighted by Crippen LogP contribution is 2.45. The molecule has 2 aromatic rings. The minimum atomic E-state index is 1.02. The number of rotatable bonds is 20. The number of allylic oxidation sites excluding steroid dienone is 2. The first-order valence-corrected chi connectivity index (χ1v) is 17.7. The highest BCUT2D eigenvalue weighted by molar-refractivity contribution is 5.82. The second-order valence-electron chi connectivity index (χ2n) is 12.7. The lowest BCUT2D eigenvalue weighted by atomic mass is 9.90. The molecule has 0 atom stereocenters. The van der Waals surface area contributed by atoms with Gasteiger partial charge < -0.3 is 5.53 Å². The lowest BCUT2D eigenvalue weighted by molar-refractivity contribution is -0.345. The van der Waals surface area contributed by atoms with Gasteiger partial charge in [0.1, 0.15) is 0 Å². The highest BCUT2D eigenvalue weighted by Gasteiger charge is 2.35. The summed E-state index contributed by atoms with van der Waals surface area (Å²) in [5.74, 6) is 0. The van der Waals surface area contributed by atoms with Crippen molar-refractivity contribution in [2.24, 2.45) is 0 Å². The van der Waals surface area contributed by atoms with E-state index >= 15 is 0 Å². The van der Waals surface area contributed by atoms with Crippen molar-refractivity contribution in [3.8, 4) is 0 Å². The van der Waals surface area contributed by atoms with Crippen LogP contribution in [0, 0.1) is 0 Å². The first kappa shape index (κ1) is 34.0. The Morgan fingerprint density at radius 2 is 0.762 bits per heavy atom. The van der Waals surface area contributed by atoms with Crippen LogP contribution >= 0.6 is 0 Å². The van der Waals surface area contributed by atoms with Gasteiger partial charge in [0.2, 0.25) is 11.4 Å². The molecule has 230 valence electrons. The van der Waals surface area contributed by atoms with Crippen molar-refractivity contribution in [2.75, 3.05) is 0 Å². The van der Waals surface area contributed by atoms with Crippen LogP contribution in [0.3, 0.4) is 0 Å². The summed E-state index contributed by atoms with van der Waals surface area (Å²) in [6, 6.07) is 14.3. The average Bonchev–Trinajstić information content (AvgIpc) is 3.24. The van der Waals surface area contributed by atoms with Gasteiger partial charge in [0.15, 0.2) is 0 Å². The van der Waals surface area contributed by atoms with Gasteiger partial charge in [0.05, 0.1) is 0 Å². The van der Waals surface area contributed by atoms with Crippen LogP contribution < -0.4 is 0 Å². The Morgan fingerprint density at radius 1 is 0.405 bits per heavy atom. The van der Waals surface area contributed by atoms with E-state index in [-0.39, 0.29) is 0 Å². The standard InChI is InChI=1S/C40H60N2/c1-7-13-15-16-17-18-24-38-37(23-14-8-2)39(35-27-31(19-9-3)25-32(28-35)20-10-4)42(41)40(38)36-29-33(21-11-5)26-34(30-36)22-12-6/h25-30H,7-24H2,1-6H3. The molecule has 0 bridgehead atoms. The monoisotopic (exact) mass is 568 g/mol. The number of aryl methyl sites for hydroxylation is 4. The molecular weight excluding hydrogens is 508 g/mol. The molecule has 0 saturated heterocycles. The van der Waals surface area contributed by atoms with Crippen LogP contribution in [-0.2, 0) is 25.7 Å². The largest absolute Gasteiger partial charge is 0.493 e. The Balaban J connectivity index is 2.19. The fourth-order valence-corrected chi connectivity index (χ4v) is 6.75. The maximum atomic E-state index is 12.3. The number of unbranched alkanes of at least 4 members (excludes halogenated alkanes) is 6. The minimum Gasteiger partial charge on any atom is -0.493 e. The predicted molar refractivity (Wildman–Crippen MR) is 184 cm³/mol. The fourth-order valence-electron chi connectivity index (χ4n) is 6.75. The van der Waals surface area contributed by atoms with Gasteiger partial charge in [-0.2, -0.15) is 0 Å². The molecule has 2 aromatic carbocycles. The van der Waals surface area contributed by atoms with E-state index in [0.29, 0.717) is 0 Å². The number of hydrogen-bond donors (Lipinski definition) is 0. The lowest BCUT2D eigenvalue weighted by Gasteiger charge is -2.14. The van der Waals surface area contributed by atoms with E-state index in [2.05, 4.69) is 77.9 Å². The van der Waals surface area contributed by atoms with Crippen molar-refractivity contribution in [1.29, 1.82) is 0 Å². The van der Waals surface area contributed by atoms with Crippen LogP contribution in [0.4, 0.5) is 0 Å². The summed E-state index contributed by atoms with van der Waals surface area (Å²) < 4.78 is 1.62. The van der Waals surface area contributed by atoms with E-state index in [1.54, 1.807) is 4.70 Å². The normalized spacial score (nSPS) is 13.6. The predicted octanol–water partition coefficient (Wildman–Crippen LogP) is 12.6. The van der Waals surface area contributed by atoms with Crippen molar-refractivity contribution in [3.05, 3.63) is 86.5 Å². The molecule has 42 heavy (non-hydrogen) atoms. The zero-order valence-corrected chi connectivity index (χ0v) is 28.1. The average molecular weight is 569 g/mol. The van der Waals surface area contributed by atoms with Crippen molar-refractivity contribution >= 4 is 11.4 Å². The summed E-state index contributed by atoms with van der Waals surface area (Å²) in [4.78, 5) is 0. The fraction of sp³-hybridized carbons (Fsp3) is 0.600. The maximum absolute atomic E-state index is 12.3. The van der Waals surface area contributed by atoms with E-state index in [0.717, 1.165) is 88.4 Å². The zero-order chi connectivity index (χ0) is 30.3. The van der Waals surface area contributed by atoms with Crippen LogP contribution in [0.25, 0.3) is 16.9 Å². The Hall–Kier alpha value is -2.48. The number of nitrogens with zero attached hydrogens (tertiary/aromatic N) is 2. The van der Waals surface area contributed by atoms with E-state index in [4.69, 9.17) is 0 Å². The smallest absolute Gasteiger partial charge is 0.211 e. The van der Waals surface area contributed by atoms with Crippen molar-refractivity contribution in [1.82, 2.24) is 0 Å². The summed E-state index contributed by atoms with van der Waals surface area (Å²) in [5.41, 5.74) is 25.2. The molecule has 2 heteroatoms. The van der Waals surface area contributed by atoms with Crippen LogP contribution in [-0.4, -0.2) is 4.70 Å². The quantitative estimate of drug-likeness (QED) is 0.112. The van der Waals surface area contributed by atoms with Crippen LogP contribution in [0.2, 0.25) is 0 Å². The topological polar surface area (TPSA) is 25.3 Å². The summed E-state index contributed by atoms with van der Waals surface area (Å²) in [6.07, 6.45) is 21.0. The van der Waals surface area contributed by atoms with Crippen molar-refractivity contribution in [2.45, 2.75) is 157 Å². The van der Waals surface area contributed by atoms with E-state index < -0.39 is 0 Å². The Morgan fingerprint density at radius 3 is 1.14 bits per heavy atom. The molecule has 0 unspecified atom stereocenters. The molecule has 0 N–H and O–H groups in total. The maximum Gasteiger partial charge on any atom is 0.211 e. The number of hydrogen-bond acceptors (Lipinski definition) is 0. The molecule has 0 radical (unpaired) electrons. The molecule has 1 aliphatic heterocycles.